The molecule has 0 fully saturated rings. The van der Waals surface area contributed by atoms with Gasteiger partial charge in [0, 0.05) is 55.4 Å². The smallest absolute Gasteiger partial charge is 0.217 e. The van der Waals surface area contributed by atoms with Crippen molar-refractivity contribution in [1.82, 2.24) is 9.97 Å². The standard InChI is InChI=1S/C34H21N2O3.Pt/c37-30-19-18-27-26-14-7-13-25(22-9-2-1-3-10-22)33(26)39-34(27)32(30)29-16-8-15-28(36-29)23-11-6-12-24(21-23)38-31-17-4-5-20-35-31;/h1-20,37H;/q-1;. The quantitative estimate of drug-likeness (QED) is 0.182. The second-order valence-corrected chi connectivity index (χ2v) is 9.09. The van der Waals surface area contributed by atoms with Crippen molar-refractivity contribution in [2.24, 2.45) is 0 Å². The molecule has 3 heterocycles. The molecule has 3 aromatic heterocycles. The Morgan fingerprint density at radius 2 is 1.45 bits per heavy atom. The zero-order chi connectivity index (χ0) is 26.2. The van der Waals surface area contributed by atoms with Gasteiger partial charge in [0.25, 0.3) is 0 Å². The Balaban J connectivity index is 0.00000289. The van der Waals surface area contributed by atoms with Gasteiger partial charge in [-0.2, -0.15) is 0 Å². The molecule has 0 aliphatic heterocycles. The van der Waals surface area contributed by atoms with Crippen molar-refractivity contribution in [2.45, 2.75) is 0 Å². The van der Waals surface area contributed by atoms with E-state index in [2.05, 4.69) is 23.2 Å². The van der Waals surface area contributed by atoms with E-state index < -0.39 is 0 Å². The molecule has 196 valence electrons. The van der Waals surface area contributed by atoms with E-state index in [4.69, 9.17) is 14.1 Å². The van der Waals surface area contributed by atoms with Gasteiger partial charge in [-0.05, 0) is 35.5 Å². The molecular formula is C34H21N2O3Pt-. The van der Waals surface area contributed by atoms with E-state index in [1.54, 1.807) is 18.3 Å². The van der Waals surface area contributed by atoms with Crippen molar-refractivity contribution in [1.29, 1.82) is 0 Å². The van der Waals surface area contributed by atoms with Crippen LogP contribution in [0.25, 0.3) is 55.6 Å². The molecular weight excluding hydrogens is 679 g/mol. The number of aromatic hydroxyl groups is 1. The Kier molecular flexibility index (Phi) is 6.89. The first kappa shape index (κ1) is 25.5. The number of hydrogen-bond acceptors (Lipinski definition) is 5. The first-order chi connectivity index (χ1) is 19.2. The van der Waals surface area contributed by atoms with E-state index in [0.29, 0.717) is 34.2 Å². The number of hydrogen-bond donors (Lipinski definition) is 1. The number of ether oxygens (including phenoxy) is 1. The summed E-state index contributed by atoms with van der Waals surface area (Å²) >= 11 is 0. The van der Waals surface area contributed by atoms with Crippen LogP contribution in [0.15, 0.2) is 126 Å². The zero-order valence-corrected chi connectivity index (χ0v) is 23.3. The Bertz CT molecular complexity index is 1950. The van der Waals surface area contributed by atoms with Crippen LogP contribution >= 0.6 is 0 Å². The number of furan rings is 1. The van der Waals surface area contributed by atoms with Crippen molar-refractivity contribution in [3.05, 3.63) is 128 Å². The summed E-state index contributed by atoms with van der Waals surface area (Å²) in [6.07, 6.45) is 1.68. The molecule has 1 N–H and O–H groups in total. The normalized spacial score (nSPS) is 10.9. The van der Waals surface area contributed by atoms with Gasteiger partial charge in [0.2, 0.25) is 5.88 Å². The Labute approximate surface area is 245 Å². The zero-order valence-electron chi connectivity index (χ0n) is 21.0. The molecule has 0 aliphatic rings. The number of pyridine rings is 2. The van der Waals surface area contributed by atoms with Gasteiger partial charge < -0.3 is 14.3 Å². The molecule has 0 aliphatic carbocycles. The van der Waals surface area contributed by atoms with Crippen LogP contribution < -0.4 is 4.74 Å². The van der Waals surface area contributed by atoms with Crippen LogP contribution in [-0.4, -0.2) is 15.1 Å². The third-order valence-electron chi connectivity index (χ3n) is 6.63. The van der Waals surface area contributed by atoms with Crippen LogP contribution in [0.2, 0.25) is 0 Å². The van der Waals surface area contributed by atoms with Crippen molar-refractivity contribution >= 4 is 21.9 Å². The largest absolute Gasteiger partial charge is 0.507 e. The molecule has 4 aromatic carbocycles. The van der Waals surface area contributed by atoms with Crippen molar-refractivity contribution in [3.63, 3.8) is 0 Å². The number of rotatable bonds is 5. The van der Waals surface area contributed by atoms with Crippen LogP contribution in [0, 0.1) is 6.07 Å². The van der Waals surface area contributed by atoms with Crippen molar-refractivity contribution < 1.29 is 35.3 Å². The molecule has 0 bridgehead atoms. The summed E-state index contributed by atoms with van der Waals surface area (Å²) in [5.74, 6) is 1.13. The number of fused-ring (bicyclic) bond motifs is 3. The van der Waals surface area contributed by atoms with Crippen LogP contribution in [0.4, 0.5) is 0 Å². The van der Waals surface area contributed by atoms with Gasteiger partial charge in [-0.25, -0.2) is 4.98 Å². The fourth-order valence-electron chi connectivity index (χ4n) is 4.84. The Hall–Kier alpha value is -4.73. The molecule has 5 nitrogen and oxygen atoms in total. The maximum absolute atomic E-state index is 11.0. The summed E-state index contributed by atoms with van der Waals surface area (Å²) in [5.41, 5.74) is 6.02. The number of phenols is 1. The maximum atomic E-state index is 11.0. The third-order valence-corrected chi connectivity index (χ3v) is 6.63. The molecule has 0 amide bonds. The first-order valence-corrected chi connectivity index (χ1v) is 12.6. The summed E-state index contributed by atoms with van der Waals surface area (Å²) in [5, 5.41) is 12.9. The second-order valence-electron chi connectivity index (χ2n) is 9.09. The van der Waals surface area contributed by atoms with Crippen LogP contribution in [0.3, 0.4) is 0 Å². The SMILES string of the molecule is Oc1ccc2c(oc3c(-c4ccccc4)cccc32)c1-c1cccc(-c2[c-]c(Oc3ccccn3)ccc2)n1.[Pt]. The van der Waals surface area contributed by atoms with Gasteiger partial charge in [0.15, 0.2) is 0 Å². The first-order valence-electron chi connectivity index (χ1n) is 12.6. The maximum Gasteiger partial charge on any atom is 0.217 e. The van der Waals surface area contributed by atoms with E-state index in [9.17, 15) is 5.11 Å². The molecule has 6 heteroatoms. The van der Waals surface area contributed by atoms with Crippen molar-refractivity contribution in [2.75, 3.05) is 0 Å². The van der Waals surface area contributed by atoms with Gasteiger partial charge in [0.1, 0.15) is 16.9 Å². The van der Waals surface area contributed by atoms with Crippen LogP contribution in [0.1, 0.15) is 0 Å². The van der Waals surface area contributed by atoms with E-state index >= 15 is 0 Å². The molecule has 0 atom stereocenters. The summed E-state index contributed by atoms with van der Waals surface area (Å²) in [6.45, 7) is 0. The van der Waals surface area contributed by atoms with Gasteiger partial charge >= 0.3 is 0 Å². The summed E-state index contributed by atoms with van der Waals surface area (Å²) in [4.78, 5) is 9.12. The van der Waals surface area contributed by atoms with E-state index in [1.807, 2.05) is 91.0 Å². The third kappa shape index (κ3) is 4.65. The monoisotopic (exact) mass is 700 g/mol. The Morgan fingerprint density at radius 1 is 0.675 bits per heavy atom. The number of benzene rings is 4. The topological polar surface area (TPSA) is 68.4 Å². The Morgan fingerprint density at radius 3 is 2.30 bits per heavy atom. The predicted octanol–water partition coefficient (Wildman–Crippen LogP) is 8.67. The van der Waals surface area contributed by atoms with Gasteiger partial charge in [0.05, 0.1) is 11.3 Å². The molecule has 0 radical (unpaired) electrons. The number of phenolic OH excluding ortho intramolecular Hbond substituents is 1. The summed E-state index contributed by atoms with van der Waals surface area (Å²) in [6, 6.07) is 40.0. The minimum atomic E-state index is 0. The second kappa shape index (κ2) is 10.8. The fraction of sp³-hybridized carbons (Fsp3) is 0. The molecule has 0 unspecified atom stereocenters. The van der Waals surface area contributed by atoms with Gasteiger partial charge in [-0.15, -0.1) is 23.8 Å². The molecule has 0 saturated heterocycles. The molecule has 7 aromatic rings. The number of para-hydroxylation sites is 1. The minimum Gasteiger partial charge on any atom is -0.507 e. The molecule has 7 rings (SSSR count). The molecule has 0 spiro atoms. The fourth-order valence-corrected chi connectivity index (χ4v) is 4.84. The number of nitrogens with zero attached hydrogens (tertiary/aromatic N) is 2. The predicted molar refractivity (Wildman–Crippen MR) is 153 cm³/mol. The summed E-state index contributed by atoms with van der Waals surface area (Å²) < 4.78 is 12.4. The van der Waals surface area contributed by atoms with E-state index in [-0.39, 0.29) is 26.8 Å². The number of aromatic nitrogens is 2. The average molecular weight is 701 g/mol. The molecule has 0 saturated carbocycles. The van der Waals surface area contributed by atoms with Gasteiger partial charge in [-0.3, -0.25) is 4.98 Å². The van der Waals surface area contributed by atoms with E-state index in [0.717, 1.165) is 33.0 Å². The van der Waals surface area contributed by atoms with Crippen LogP contribution in [-0.2, 0) is 21.1 Å². The van der Waals surface area contributed by atoms with E-state index in [1.165, 1.54) is 0 Å². The van der Waals surface area contributed by atoms with Gasteiger partial charge in [-0.1, -0.05) is 72.8 Å². The minimum absolute atomic E-state index is 0. The summed E-state index contributed by atoms with van der Waals surface area (Å²) in [7, 11) is 0. The van der Waals surface area contributed by atoms with Crippen molar-refractivity contribution in [3.8, 4) is 51.0 Å². The average Bonchev–Trinajstić information content (AvgIpc) is 3.37. The van der Waals surface area contributed by atoms with Crippen LogP contribution in [0.5, 0.6) is 17.4 Å². The molecule has 40 heavy (non-hydrogen) atoms.